The van der Waals surface area contributed by atoms with Crippen molar-refractivity contribution >= 4 is 5.97 Å². The van der Waals surface area contributed by atoms with Gasteiger partial charge in [0.15, 0.2) is 0 Å². The molecule has 1 aromatic heterocycles. The van der Waals surface area contributed by atoms with Gasteiger partial charge in [-0.3, -0.25) is 14.3 Å². The summed E-state index contributed by atoms with van der Waals surface area (Å²) in [6, 6.07) is -0.687. The number of quaternary nitrogens is 1. The van der Waals surface area contributed by atoms with Crippen LogP contribution < -0.4 is 17.0 Å². The summed E-state index contributed by atoms with van der Waals surface area (Å²) >= 11 is 0. The lowest BCUT2D eigenvalue weighted by molar-refractivity contribution is -0.411. The van der Waals surface area contributed by atoms with Gasteiger partial charge in [0.2, 0.25) is 6.04 Å². The monoisotopic (exact) mass is 228 g/mol. The molecule has 0 saturated carbocycles. The molecule has 0 unspecified atom stereocenters. The minimum atomic E-state index is -0.687. The standard InChI is InChI=1S/C9H13N3O4/c1-5-3-12(9(15)11-7(5)13)4-6(10)8(14)16-2/h3,6H,4,10H2,1-2H3,(H,11,13,15)/p+1/t6-/m1/s1. The second-order valence-electron chi connectivity index (χ2n) is 3.44. The number of aromatic nitrogens is 2. The molecule has 0 saturated heterocycles. The highest BCUT2D eigenvalue weighted by atomic mass is 16.5. The number of hydrogen-bond donors (Lipinski definition) is 2. The van der Waals surface area contributed by atoms with E-state index in [9.17, 15) is 14.4 Å². The van der Waals surface area contributed by atoms with Crippen LogP contribution in [0, 0.1) is 6.92 Å². The van der Waals surface area contributed by atoms with Crippen molar-refractivity contribution in [3.63, 3.8) is 0 Å². The number of rotatable bonds is 3. The second kappa shape index (κ2) is 4.75. The summed E-state index contributed by atoms with van der Waals surface area (Å²) in [5.74, 6) is -0.504. The Morgan fingerprint density at radius 3 is 2.81 bits per heavy atom. The van der Waals surface area contributed by atoms with E-state index < -0.39 is 23.3 Å². The summed E-state index contributed by atoms with van der Waals surface area (Å²) < 4.78 is 5.72. The molecule has 0 aromatic carbocycles. The van der Waals surface area contributed by atoms with E-state index in [1.165, 1.54) is 17.9 Å². The van der Waals surface area contributed by atoms with Gasteiger partial charge in [0.05, 0.1) is 13.7 Å². The van der Waals surface area contributed by atoms with Gasteiger partial charge in [-0.25, -0.2) is 9.59 Å². The molecule has 7 nitrogen and oxygen atoms in total. The number of carbonyl (C=O) groups is 1. The molecule has 7 heteroatoms. The van der Waals surface area contributed by atoms with Gasteiger partial charge in [-0.2, -0.15) is 0 Å². The maximum atomic E-state index is 11.4. The molecule has 0 fully saturated rings. The van der Waals surface area contributed by atoms with E-state index in [1.807, 2.05) is 0 Å². The minimum Gasteiger partial charge on any atom is -0.465 e. The average Bonchev–Trinajstić information content (AvgIpc) is 2.24. The molecule has 1 heterocycles. The van der Waals surface area contributed by atoms with Crippen molar-refractivity contribution in [2.75, 3.05) is 7.11 Å². The van der Waals surface area contributed by atoms with Crippen LogP contribution in [0.2, 0.25) is 0 Å². The van der Waals surface area contributed by atoms with Crippen LogP contribution in [0.1, 0.15) is 5.56 Å². The Morgan fingerprint density at radius 2 is 2.25 bits per heavy atom. The van der Waals surface area contributed by atoms with Gasteiger partial charge in [0.25, 0.3) is 5.56 Å². The third-order valence-electron chi connectivity index (χ3n) is 2.14. The van der Waals surface area contributed by atoms with Gasteiger partial charge in [-0.05, 0) is 6.92 Å². The predicted octanol–water partition coefficient (Wildman–Crippen LogP) is -2.37. The van der Waals surface area contributed by atoms with E-state index in [4.69, 9.17) is 0 Å². The van der Waals surface area contributed by atoms with Crippen molar-refractivity contribution in [3.05, 3.63) is 32.6 Å². The summed E-state index contributed by atoms with van der Waals surface area (Å²) in [6.45, 7) is 1.65. The lowest BCUT2D eigenvalue weighted by atomic mass is 10.3. The smallest absolute Gasteiger partial charge is 0.366 e. The van der Waals surface area contributed by atoms with Gasteiger partial charge < -0.3 is 10.5 Å². The zero-order valence-corrected chi connectivity index (χ0v) is 9.15. The molecule has 0 radical (unpaired) electrons. The number of aryl methyl sites for hydroxylation is 1. The van der Waals surface area contributed by atoms with Crippen molar-refractivity contribution < 1.29 is 15.3 Å². The van der Waals surface area contributed by atoms with Crippen molar-refractivity contribution in [3.8, 4) is 0 Å². The molecular formula is C9H14N3O4+. The molecule has 0 amide bonds. The van der Waals surface area contributed by atoms with E-state index in [0.717, 1.165) is 0 Å². The van der Waals surface area contributed by atoms with E-state index in [0.29, 0.717) is 5.56 Å². The summed E-state index contributed by atoms with van der Waals surface area (Å²) in [5.41, 5.74) is 2.98. The van der Waals surface area contributed by atoms with Gasteiger partial charge in [0, 0.05) is 11.8 Å². The summed E-state index contributed by atoms with van der Waals surface area (Å²) in [4.78, 5) is 35.7. The topological polar surface area (TPSA) is 109 Å². The van der Waals surface area contributed by atoms with Crippen LogP contribution in [0.15, 0.2) is 15.8 Å². The number of nitrogens with one attached hydrogen (secondary N) is 1. The lowest BCUT2D eigenvalue weighted by Crippen LogP contribution is -2.67. The maximum absolute atomic E-state index is 11.4. The predicted molar refractivity (Wildman–Crippen MR) is 54.8 cm³/mol. The molecule has 0 bridgehead atoms. The first-order valence-corrected chi connectivity index (χ1v) is 4.67. The number of carbonyl (C=O) groups excluding carboxylic acids is 1. The highest BCUT2D eigenvalue weighted by Gasteiger charge is 2.19. The number of esters is 1. The van der Waals surface area contributed by atoms with E-state index in [1.54, 1.807) is 6.92 Å². The molecule has 0 aliphatic rings. The number of methoxy groups -OCH3 is 1. The fourth-order valence-corrected chi connectivity index (χ4v) is 1.23. The molecule has 0 aliphatic heterocycles. The first kappa shape index (κ1) is 12.2. The molecule has 4 N–H and O–H groups in total. The van der Waals surface area contributed by atoms with E-state index in [2.05, 4.69) is 15.5 Å². The van der Waals surface area contributed by atoms with Crippen LogP contribution in [0.3, 0.4) is 0 Å². The molecule has 0 spiro atoms. The van der Waals surface area contributed by atoms with Crippen LogP contribution >= 0.6 is 0 Å². The Bertz CT molecular complexity index is 502. The molecule has 0 aliphatic carbocycles. The first-order chi connectivity index (χ1) is 7.45. The molecule has 1 aromatic rings. The summed E-state index contributed by atoms with van der Waals surface area (Å²) in [6.07, 6.45) is 1.39. The highest BCUT2D eigenvalue weighted by Crippen LogP contribution is 1.88. The largest absolute Gasteiger partial charge is 0.465 e. The Hall–Kier alpha value is -1.89. The zero-order valence-electron chi connectivity index (χ0n) is 9.15. The van der Waals surface area contributed by atoms with Crippen molar-refractivity contribution in [2.24, 2.45) is 0 Å². The minimum absolute atomic E-state index is 0.0725. The quantitative estimate of drug-likeness (QED) is 0.563. The van der Waals surface area contributed by atoms with Crippen LogP contribution in [-0.2, 0) is 16.1 Å². The van der Waals surface area contributed by atoms with Gasteiger partial charge >= 0.3 is 11.7 Å². The highest BCUT2D eigenvalue weighted by molar-refractivity contribution is 5.73. The summed E-state index contributed by atoms with van der Waals surface area (Å²) in [5, 5.41) is 0. The average molecular weight is 228 g/mol. The number of aromatic amines is 1. The third-order valence-corrected chi connectivity index (χ3v) is 2.14. The molecule has 1 rings (SSSR count). The summed E-state index contributed by atoms with van der Waals surface area (Å²) in [7, 11) is 1.25. The van der Waals surface area contributed by atoms with Crippen molar-refractivity contribution in [1.82, 2.24) is 9.55 Å². The third kappa shape index (κ3) is 2.57. The van der Waals surface area contributed by atoms with Crippen LogP contribution in [-0.4, -0.2) is 28.7 Å². The first-order valence-electron chi connectivity index (χ1n) is 4.67. The van der Waals surface area contributed by atoms with Gasteiger partial charge in [-0.15, -0.1) is 0 Å². The van der Waals surface area contributed by atoms with Crippen molar-refractivity contribution in [2.45, 2.75) is 19.5 Å². The molecule has 1 atom stereocenters. The molecule has 88 valence electrons. The number of nitrogens with zero attached hydrogens (tertiary/aromatic N) is 1. The van der Waals surface area contributed by atoms with Gasteiger partial charge in [-0.1, -0.05) is 0 Å². The SMILES string of the molecule is COC(=O)[C@H]([NH3+])Cn1cc(C)c(=O)[nH]c1=O. The van der Waals surface area contributed by atoms with E-state index >= 15 is 0 Å². The fourth-order valence-electron chi connectivity index (χ4n) is 1.23. The van der Waals surface area contributed by atoms with Crippen LogP contribution in [0.4, 0.5) is 0 Å². The van der Waals surface area contributed by atoms with E-state index in [-0.39, 0.29) is 6.54 Å². The fraction of sp³-hybridized carbons (Fsp3) is 0.444. The number of hydrogen-bond acceptors (Lipinski definition) is 4. The second-order valence-corrected chi connectivity index (χ2v) is 3.44. The van der Waals surface area contributed by atoms with Crippen LogP contribution in [0.5, 0.6) is 0 Å². The Balaban J connectivity index is 2.98. The lowest BCUT2D eigenvalue weighted by Gasteiger charge is -2.08. The Labute approximate surface area is 90.8 Å². The van der Waals surface area contributed by atoms with Crippen LogP contribution in [0.25, 0.3) is 0 Å². The van der Waals surface area contributed by atoms with Crippen molar-refractivity contribution in [1.29, 1.82) is 0 Å². The zero-order chi connectivity index (χ0) is 12.3. The Morgan fingerprint density at radius 1 is 1.62 bits per heavy atom. The van der Waals surface area contributed by atoms with Gasteiger partial charge in [0.1, 0.15) is 0 Å². The number of ether oxygens (including phenoxy) is 1. The molecule has 16 heavy (non-hydrogen) atoms. The molecular weight excluding hydrogens is 214 g/mol. The number of H-pyrrole nitrogens is 1. The maximum Gasteiger partial charge on any atom is 0.366 e. The normalized spacial score (nSPS) is 12.2. The Kier molecular flexibility index (Phi) is 3.62.